The summed E-state index contributed by atoms with van der Waals surface area (Å²) < 4.78 is 15.5. The number of halogens is 1. The monoisotopic (exact) mass is 292 g/mol. The molecule has 6 heteroatoms. The molecule has 0 saturated heterocycles. The van der Waals surface area contributed by atoms with Crippen molar-refractivity contribution in [1.82, 2.24) is 14.9 Å². The van der Waals surface area contributed by atoms with Crippen LogP contribution in [-0.2, 0) is 0 Å². The lowest BCUT2D eigenvalue weighted by Crippen LogP contribution is -2.05. The van der Waals surface area contributed by atoms with Crippen LogP contribution < -0.4 is 0 Å². The SMILES string of the molecule is CCC(CC)c1n[nH]c(=S)n1/N=C\c1ccccc1F. The maximum Gasteiger partial charge on any atom is 0.216 e. The Hall–Kier alpha value is -1.82. The van der Waals surface area contributed by atoms with Crippen molar-refractivity contribution in [1.29, 1.82) is 0 Å². The van der Waals surface area contributed by atoms with Crippen LogP contribution in [0.15, 0.2) is 29.4 Å². The Morgan fingerprint density at radius 2 is 2.10 bits per heavy atom. The van der Waals surface area contributed by atoms with Crippen LogP contribution in [0.4, 0.5) is 4.39 Å². The average molecular weight is 292 g/mol. The van der Waals surface area contributed by atoms with Crippen molar-refractivity contribution in [2.24, 2.45) is 5.10 Å². The summed E-state index contributed by atoms with van der Waals surface area (Å²) in [6.07, 6.45) is 3.36. The van der Waals surface area contributed by atoms with Gasteiger partial charge in [-0.15, -0.1) is 0 Å². The number of nitrogens with one attached hydrogen (secondary N) is 1. The smallest absolute Gasteiger partial charge is 0.216 e. The molecule has 1 heterocycles. The highest BCUT2D eigenvalue weighted by Gasteiger charge is 2.14. The fourth-order valence-corrected chi connectivity index (χ4v) is 2.22. The molecule has 0 atom stereocenters. The standard InChI is InChI=1S/C14H17FN4S/c1-3-10(4-2)13-17-18-14(20)19(13)16-9-11-7-5-6-8-12(11)15/h5-10H,3-4H2,1-2H3,(H,18,20)/b16-9-. The van der Waals surface area contributed by atoms with E-state index < -0.39 is 0 Å². The van der Waals surface area contributed by atoms with Gasteiger partial charge in [-0.05, 0) is 31.1 Å². The predicted octanol–water partition coefficient (Wildman–Crippen LogP) is 3.87. The minimum absolute atomic E-state index is 0.278. The predicted molar refractivity (Wildman–Crippen MR) is 80.1 cm³/mol. The summed E-state index contributed by atoms with van der Waals surface area (Å²) in [5.41, 5.74) is 0.422. The van der Waals surface area contributed by atoms with Gasteiger partial charge in [0.2, 0.25) is 4.77 Å². The van der Waals surface area contributed by atoms with Crippen LogP contribution in [0.3, 0.4) is 0 Å². The molecule has 20 heavy (non-hydrogen) atoms. The summed E-state index contributed by atoms with van der Waals surface area (Å²) in [6, 6.07) is 6.48. The minimum Gasteiger partial charge on any atom is -0.250 e. The maximum atomic E-state index is 13.6. The van der Waals surface area contributed by atoms with Crippen molar-refractivity contribution < 1.29 is 4.39 Å². The van der Waals surface area contributed by atoms with Gasteiger partial charge in [0.1, 0.15) is 5.82 Å². The van der Waals surface area contributed by atoms with E-state index in [0.717, 1.165) is 18.7 Å². The first-order valence-corrected chi connectivity index (χ1v) is 7.04. The Labute approximate surface area is 122 Å². The molecule has 2 rings (SSSR count). The van der Waals surface area contributed by atoms with Gasteiger partial charge in [0.15, 0.2) is 5.82 Å². The van der Waals surface area contributed by atoms with Gasteiger partial charge < -0.3 is 0 Å². The van der Waals surface area contributed by atoms with Crippen molar-refractivity contribution in [3.63, 3.8) is 0 Å². The quantitative estimate of drug-likeness (QED) is 0.671. The number of H-pyrrole nitrogens is 1. The largest absolute Gasteiger partial charge is 0.250 e. The molecule has 0 aliphatic heterocycles. The lowest BCUT2D eigenvalue weighted by Gasteiger charge is -2.10. The van der Waals surface area contributed by atoms with Crippen LogP contribution in [0.5, 0.6) is 0 Å². The Kier molecular flexibility index (Phi) is 4.79. The number of hydrogen-bond acceptors (Lipinski definition) is 3. The molecule has 0 radical (unpaired) electrons. The first kappa shape index (κ1) is 14.6. The van der Waals surface area contributed by atoms with E-state index in [4.69, 9.17) is 12.2 Å². The van der Waals surface area contributed by atoms with E-state index in [0.29, 0.717) is 10.3 Å². The van der Waals surface area contributed by atoms with Crippen molar-refractivity contribution >= 4 is 18.4 Å². The molecule has 106 valence electrons. The van der Waals surface area contributed by atoms with E-state index in [9.17, 15) is 4.39 Å². The van der Waals surface area contributed by atoms with E-state index in [1.54, 1.807) is 22.9 Å². The van der Waals surface area contributed by atoms with Gasteiger partial charge in [0.25, 0.3) is 0 Å². The van der Waals surface area contributed by atoms with Crippen molar-refractivity contribution in [2.75, 3.05) is 0 Å². The van der Waals surface area contributed by atoms with Gasteiger partial charge in [0.05, 0.1) is 6.21 Å². The number of nitrogens with zero attached hydrogens (tertiary/aromatic N) is 3. The molecule has 2 aromatic rings. The van der Waals surface area contributed by atoms with E-state index in [2.05, 4.69) is 29.1 Å². The molecule has 0 aliphatic carbocycles. The molecule has 1 aromatic carbocycles. The highest BCUT2D eigenvalue weighted by Crippen LogP contribution is 2.20. The summed E-state index contributed by atoms with van der Waals surface area (Å²) in [5, 5.41) is 11.2. The molecule has 1 aromatic heterocycles. The highest BCUT2D eigenvalue weighted by molar-refractivity contribution is 7.71. The summed E-state index contributed by atoms with van der Waals surface area (Å²) in [7, 11) is 0. The van der Waals surface area contributed by atoms with Gasteiger partial charge in [0, 0.05) is 11.5 Å². The number of aromatic nitrogens is 3. The van der Waals surface area contributed by atoms with Crippen LogP contribution in [0, 0.1) is 10.6 Å². The third-order valence-electron chi connectivity index (χ3n) is 3.24. The molecule has 1 N–H and O–H groups in total. The second-order valence-electron chi connectivity index (χ2n) is 4.48. The zero-order valence-electron chi connectivity index (χ0n) is 11.5. The third kappa shape index (κ3) is 3.01. The number of rotatable bonds is 5. The highest BCUT2D eigenvalue weighted by atomic mass is 32.1. The van der Waals surface area contributed by atoms with Crippen LogP contribution in [-0.4, -0.2) is 21.1 Å². The zero-order chi connectivity index (χ0) is 14.5. The van der Waals surface area contributed by atoms with E-state index >= 15 is 0 Å². The molecule has 0 unspecified atom stereocenters. The second kappa shape index (κ2) is 6.56. The minimum atomic E-state index is -0.310. The average Bonchev–Trinajstić information content (AvgIpc) is 2.81. The molecule has 0 saturated carbocycles. The van der Waals surface area contributed by atoms with Crippen LogP contribution in [0.25, 0.3) is 0 Å². The fraction of sp³-hybridized carbons (Fsp3) is 0.357. The molecule has 0 fully saturated rings. The maximum absolute atomic E-state index is 13.6. The van der Waals surface area contributed by atoms with Crippen molar-refractivity contribution in [3.8, 4) is 0 Å². The number of benzene rings is 1. The van der Waals surface area contributed by atoms with Crippen molar-refractivity contribution in [2.45, 2.75) is 32.6 Å². The number of hydrogen-bond donors (Lipinski definition) is 1. The summed E-state index contributed by atoms with van der Waals surface area (Å²) in [6.45, 7) is 4.19. The normalized spacial score (nSPS) is 11.6. The molecule has 4 nitrogen and oxygen atoms in total. The lowest BCUT2D eigenvalue weighted by atomic mass is 10.0. The lowest BCUT2D eigenvalue weighted by molar-refractivity contribution is 0.571. The topological polar surface area (TPSA) is 46.0 Å². The zero-order valence-corrected chi connectivity index (χ0v) is 12.3. The van der Waals surface area contributed by atoms with Crippen LogP contribution in [0.2, 0.25) is 0 Å². The van der Waals surface area contributed by atoms with E-state index in [-0.39, 0.29) is 11.7 Å². The van der Waals surface area contributed by atoms with E-state index in [1.165, 1.54) is 12.3 Å². The molecular weight excluding hydrogens is 275 g/mol. The van der Waals surface area contributed by atoms with Crippen molar-refractivity contribution in [3.05, 3.63) is 46.2 Å². The molecule has 0 bridgehead atoms. The molecule has 0 spiro atoms. The Morgan fingerprint density at radius 1 is 1.40 bits per heavy atom. The summed E-state index contributed by atoms with van der Waals surface area (Å²) >= 11 is 5.17. The first-order valence-electron chi connectivity index (χ1n) is 6.63. The second-order valence-corrected chi connectivity index (χ2v) is 4.86. The Morgan fingerprint density at radius 3 is 2.75 bits per heavy atom. The van der Waals surface area contributed by atoms with Crippen LogP contribution in [0.1, 0.15) is 44.0 Å². The van der Waals surface area contributed by atoms with E-state index in [1.807, 2.05) is 0 Å². The summed E-state index contributed by atoms with van der Waals surface area (Å²) in [5.74, 6) is 0.753. The Bertz CT molecular complexity index is 655. The molecule has 0 amide bonds. The van der Waals surface area contributed by atoms with Gasteiger partial charge in [-0.3, -0.25) is 5.10 Å². The van der Waals surface area contributed by atoms with Gasteiger partial charge >= 0.3 is 0 Å². The third-order valence-corrected chi connectivity index (χ3v) is 3.51. The van der Waals surface area contributed by atoms with Gasteiger partial charge in [-0.1, -0.05) is 32.0 Å². The Balaban J connectivity index is 2.37. The van der Waals surface area contributed by atoms with Crippen LogP contribution >= 0.6 is 12.2 Å². The summed E-state index contributed by atoms with van der Waals surface area (Å²) in [4.78, 5) is 0. The molecular formula is C14H17FN4S. The molecule has 0 aliphatic rings. The number of aromatic amines is 1. The first-order chi connectivity index (χ1) is 9.67. The van der Waals surface area contributed by atoms with Gasteiger partial charge in [-0.25, -0.2) is 4.39 Å². The fourth-order valence-electron chi connectivity index (χ4n) is 2.03. The van der Waals surface area contributed by atoms with Gasteiger partial charge in [-0.2, -0.15) is 14.9 Å².